The van der Waals surface area contributed by atoms with Crippen molar-refractivity contribution in [3.63, 3.8) is 0 Å². The molecule has 0 aliphatic carbocycles. The average molecular weight is 162 g/mol. The first-order valence-corrected chi connectivity index (χ1v) is 3.72. The number of hydrogen-bond acceptors (Lipinski definition) is 2. The number of carbonyl (C=O) groups excluding carboxylic acids is 1. The highest BCUT2D eigenvalue weighted by molar-refractivity contribution is 7.96. The molecule has 0 atom stereocenters. The second-order valence-electron chi connectivity index (χ2n) is 3.10. The van der Waals surface area contributed by atoms with Gasteiger partial charge < -0.3 is 4.74 Å². The van der Waals surface area contributed by atoms with Crippen LogP contribution in [0.1, 0.15) is 27.2 Å². The molecule has 0 aromatic rings. The van der Waals surface area contributed by atoms with E-state index in [1.165, 1.54) is 0 Å². The van der Waals surface area contributed by atoms with Gasteiger partial charge in [-0.3, -0.25) is 4.79 Å². The molecule has 60 valence electrons. The van der Waals surface area contributed by atoms with Crippen LogP contribution in [-0.2, 0) is 9.53 Å². The van der Waals surface area contributed by atoms with Gasteiger partial charge in [0.05, 0.1) is 12.2 Å². The minimum Gasteiger partial charge on any atom is -0.375 e. The summed E-state index contributed by atoms with van der Waals surface area (Å²) >= 11 is 3.61. The van der Waals surface area contributed by atoms with Crippen molar-refractivity contribution < 1.29 is 9.53 Å². The van der Waals surface area contributed by atoms with E-state index >= 15 is 0 Å². The summed E-state index contributed by atoms with van der Waals surface area (Å²) in [5.41, 5.74) is -0.150. The van der Waals surface area contributed by atoms with Gasteiger partial charge in [-0.25, -0.2) is 0 Å². The maximum atomic E-state index is 10.3. The predicted molar refractivity (Wildman–Crippen MR) is 44.3 cm³/mol. The van der Waals surface area contributed by atoms with Crippen LogP contribution in [0.25, 0.3) is 0 Å². The lowest BCUT2D eigenvalue weighted by atomic mass is 10.2. The Morgan fingerprint density at radius 2 is 2.00 bits per heavy atom. The molecule has 0 saturated carbocycles. The Morgan fingerprint density at radius 1 is 1.50 bits per heavy atom. The molecule has 0 bridgehead atoms. The van der Waals surface area contributed by atoms with Gasteiger partial charge in [0, 0.05) is 6.42 Å². The monoisotopic (exact) mass is 162 g/mol. The molecule has 0 aliphatic heterocycles. The molecule has 2 nitrogen and oxygen atoms in total. The Hall–Kier alpha value is -0.0200. The largest absolute Gasteiger partial charge is 0.375 e. The summed E-state index contributed by atoms with van der Waals surface area (Å²) in [6.07, 6.45) is 0.389. The number of carbonyl (C=O) groups is 1. The smallest absolute Gasteiger partial charge is 0.188 e. The van der Waals surface area contributed by atoms with Crippen molar-refractivity contribution in [2.24, 2.45) is 0 Å². The van der Waals surface area contributed by atoms with E-state index in [-0.39, 0.29) is 10.7 Å². The summed E-state index contributed by atoms with van der Waals surface area (Å²) in [6.45, 7) is 6.33. The van der Waals surface area contributed by atoms with Crippen LogP contribution in [0.4, 0.5) is 0 Å². The first-order chi connectivity index (χ1) is 4.42. The van der Waals surface area contributed by atoms with Crippen LogP contribution in [0.5, 0.6) is 0 Å². The van der Waals surface area contributed by atoms with Crippen molar-refractivity contribution in [1.29, 1.82) is 0 Å². The van der Waals surface area contributed by atoms with Crippen LogP contribution < -0.4 is 0 Å². The molecule has 0 unspecified atom stereocenters. The highest BCUT2D eigenvalue weighted by atomic mass is 32.1. The number of hydrogen-bond donors (Lipinski definition) is 1. The molecule has 0 heterocycles. The summed E-state index contributed by atoms with van der Waals surface area (Å²) in [5.74, 6) is 0. The van der Waals surface area contributed by atoms with Crippen molar-refractivity contribution in [3.05, 3.63) is 0 Å². The molecule has 0 aliphatic rings. The minimum atomic E-state index is -0.150. The van der Waals surface area contributed by atoms with Crippen LogP contribution in [0, 0.1) is 0 Å². The fraction of sp³-hybridized carbons (Fsp3) is 0.857. The van der Waals surface area contributed by atoms with Crippen LogP contribution in [-0.4, -0.2) is 17.3 Å². The molecule has 0 saturated heterocycles. The molecule has 0 aromatic heterocycles. The molecule has 0 spiro atoms. The Kier molecular flexibility index (Phi) is 3.98. The van der Waals surface area contributed by atoms with Gasteiger partial charge in [0.25, 0.3) is 0 Å². The summed E-state index contributed by atoms with van der Waals surface area (Å²) in [6, 6.07) is 0. The Bertz CT molecular complexity index is 115. The number of ether oxygens (including phenoxy) is 1. The molecule has 0 N–H and O–H groups in total. The van der Waals surface area contributed by atoms with Gasteiger partial charge in [-0.2, -0.15) is 0 Å². The van der Waals surface area contributed by atoms with Gasteiger partial charge in [0.2, 0.25) is 0 Å². The maximum Gasteiger partial charge on any atom is 0.188 e. The predicted octanol–water partition coefficient (Wildman–Crippen LogP) is 1.65. The quantitative estimate of drug-likeness (QED) is 0.639. The first kappa shape index (κ1) is 9.98. The Labute approximate surface area is 67.4 Å². The second kappa shape index (κ2) is 3.98. The van der Waals surface area contributed by atoms with Crippen molar-refractivity contribution >= 4 is 17.7 Å². The normalized spacial score (nSPS) is 11.6. The van der Waals surface area contributed by atoms with E-state index in [0.29, 0.717) is 13.0 Å². The lowest BCUT2D eigenvalue weighted by Crippen LogP contribution is -2.20. The lowest BCUT2D eigenvalue weighted by molar-refractivity contribution is -0.112. The van der Waals surface area contributed by atoms with E-state index < -0.39 is 0 Å². The highest BCUT2D eigenvalue weighted by Gasteiger charge is 2.09. The van der Waals surface area contributed by atoms with E-state index in [2.05, 4.69) is 12.6 Å². The molecule has 0 amide bonds. The Morgan fingerprint density at radius 3 is 2.30 bits per heavy atom. The van der Waals surface area contributed by atoms with E-state index in [9.17, 15) is 4.79 Å². The van der Waals surface area contributed by atoms with Crippen LogP contribution in [0.15, 0.2) is 0 Å². The van der Waals surface area contributed by atoms with Gasteiger partial charge in [-0.1, -0.05) is 0 Å². The summed E-state index contributed by atoms with van der Waals surface area (Å²) in [7, 11) is 0. The zero-order valence-corrected chi connectivity index (χ0v) is 7.57. The van der Waals surface area contributed by atoms with Gasteiger partial charge in [-0.15, -0.1) is 12.6 Å². The maximum absolute atomic E-state index is 10.3. The third kappa shape index (κ3) is 7.98. The van der Waals surface area contributed by atoms with Crippen molar-refractivity contribution in [1.82, 2.24) is 0 Å². The minimum absolute atomic E-state index is 0.121. The Balaban J connectivity index is 3.29. The lowest BCUT2D eigenvalue weighted by Gasteiger charge is -2.18. The number of thiol groups is 1. The topological polar surface area (TPSA) is 26.3 Å². The fourth-order valence-corrected chi connectivity index (χ4v) is 0.536. The van der Waals surface area contributed by atoms with Crippen LogP contribution in [0.2, 0.25) is 0 Å². The molecule has 0 aromatic carbocycles. The van der Waals surface area contributed by atoms with Crippen LogP contribution >= 0.6 is 12.6 Å². The molecular formula is C7H14O2S. The zero-order chi connectivity index (χ0) is 8.20. The molecule has 10 heavy (non-hydrogen) atoms. The van der Waals surface area contributed by atoms with Crippen molar-refractivity contribution in [3.8, 4) is 0 Å². The average Bonchev–Trinajstić information content (AvgIpc) is 1.59. The highest BCUT2D eigenvalue weighted by Crippen LogP contribution is 2.06. The molecule has 3 heteroatoms. The summed E-state index contributed by atoms with van der Waals surface area (Å²) < 4.78 is 5.27. The van der Waals surface area contributed by atoms with E-state index in [4.69, 9.17) is 4.74 Å². The van der Waals surface area contributed by atoms with Crippen molar-refractivity contribution in [2.45, 2.75) is 32.8 Å². The number of rotatable bonds is 3. The zero-order valence-electron chi connectivity index (χ0n) is 6.68. The van der Waals surface area contributed by atoms with Gasteiger partial charge in [0.1, 0.15) is 0 Å². The van der Waals surface area contributed by atoms with Crippen LogP contribution in [0.3, 0.4) is 0 Å². The van der Waals surface area contributed by atoms with E-state index in [1.807, 2.05) is 20.8 Å². The third-order valence-corrected chi connectivity index (χ3v) is 1.07. The molecular weight excluding hydrogens is 148 g/mol. The fourth-order valence-electron chi connectivity index (χ4n) is 0.445. The van der Waals surface area contributed by atoms with Gasteiger partial charge >= 0.3 is 0 Å². The molecule has 0 radical (unpaired) electrons. The third-order valence-electron chi connectivity index (χ3n) is 0.851. The first-order valence-electron chi connectivity index (χ1n) is 3.27. The van der Waals surface area contributed by atoms with E-state index in [1.54, 1.807) is 0 Å². The summed E-state index contributed by atoms with van der Waals surface area (Å²) in [5, 5.41) is -0.121. The van der Waals surface area contributed by atoms with E-state index in [0.717, 1.165) is 0 Å². The summed E-state index contributed by atoms with van der Waals surface area (Å²) in [4.78, 5) is 10.3. The van der Waals surface area contributed by atoms with Crippen molar-refractivity contribution in [2.75, 3.05) is 6.61 Å². The molecule has 0 fully saturated rings. The standard InChI is InChI=1S/C7H14O2S/c1-7(2,3)9-5-4-6(8)10/h4-5H2,1-3H3,(H,8,10). The molecule has 0 rings (SSSR count). The SMILES string of the molecule is CC(C)(C)OCCC(=O)S. The van der Waals surface area contributed by atoms with Gasteiger partial charge in [0.15, 0.2) is 5.12 Å². The van der Waals surface area contributed by atoms with Gasteiger partial charge in [-0.05, 0) is 20.8 Å². The second-order valence-corrected chi connectivity index (χ2v) is 3.60.